The highest BCUT2D eigenvalue weighted by Crippen LogP contribution is 2.20. The summed E-state index contributed by atoms with van der Waals surface area (Å²) in [5.74, 6) is 0.0374. The van der Waals surface area contributed by atoms with Crippen molar-refractivity contribution in [2.45, 2.75) is 19.8 Å². The summed E-state index contributed by atoms with van der Waals surface area (Å²) >= 11 is 0. The average Bonchev–Trinajstić information content (AvgIpc) is 2.50. The van der Waals surface area contributed by atoms with Crippen molar-refractivity contribution < 1.29 is 5.21 Å². The summed E-state index contributed by atoms with van der Waals surface area (Å²) in [4.78, 5) is 0. The Morgan fingerprint density at radius 2 is 1.90 bits per heavy atom. The van der Waals surface area contributed by atoms with Gasteiger partial charge in [-0.3, -0.25) is 0 Å². The molecule has 2 aromatic carbocycles. The van der Waals surface area contributed by atoms with Crippen molar-refractivity contribution in [2.24, 2.45) is 10.9 Å². The first kappa shape index (κ1) is 14.9. The first-order chi connectivity index (χ1) is 10.1. The monoisotopic (exact) mass is 283 g/mol. The van der Waals surface area contributed by atoms with Crippen molar-refractivity contribution >= 4 is 11.5 Å². The van der Waals surface area contributed by atoms with Crippen LogP contribution in [-0.4, -0.2) is 17.6 Å². The van der Waals surface area contributed by atoms with Gasteiger partial charge >= 0.3 is 0 Å². The van der Waals surface area contributed by atoms with Crippen LogP contribution in [-0.2, 0) is 0 Å². The summed E-state index contributed by atoms with van der Waals surface area (Å²) in [5.41, 5.74) is 10.3. The molecule has 1 atom stereocenters. The number of amidine groups is 1. The van der Waals surface area contributed by atoms with Gasteiger partial charge in [-0.25, -0.2) is 0 Å². The molecule has 2 rings (SSSR count). The highest BCUT2D eigenvalue weighted by Gasteiger charge is 2.16. The van der Waals surface area contributed by atoms with E-state index in [1.54, 1.807) is 0 Å². The van der Waals surface area contributed by atoms with Gasteiger partial charge in [0, 0.05) is 12.2 Å². The molecule has 0 aliphatic carbocycles. The van der Waals surface area contributed by atoms with Crippen LogP contribution in [0.25, 0.3) is 0 Å². The molecule has 4 nitrogen and oxygen atoms in total. The average molecular weight is 283 g/mol. The van der Waals surface area contributed by atoms with E-state index in [9.17, 15) is 0 Å². The van der Waals surface area contributed by atoms with Crippen molar-refractivity contribution in [3.63, 3.8) is 0 Å². The van der Waals surface area contributed by atoms with E-state index in [2.05, 4.69) is 42.5 Å². The Morgan fingerprint density at radius 3 is 2.52 bits per heavy atom. The van der Waals surface area contributed by atoms with Gasteiger partial charge in [-0.1, -0.05) is 53.2 Å². The van der Waals surface area contributed by atoms with E-state index in [0.29, 0.717) is 6.54 Å². The van der Waals surface area contributed by atoms with Crippen LogP contribution in [0.3, 0.4) is 0 Å². The van der Waals surface area contributed by atoms with E-state index >= 15 is 0 Å². The summed E-state index contributed by atoms with van der Waals surface area (Å²) in [7, 11) is 0. The third-order valence-corrected chi connectivity index (χ3v) is 3.55. The van der Waals surface area contributed by atoms with Gasteiger partial charge < -0.3 is 16.3 Å². The molecule has 0 saturated heterocycles. The van der Waals surface area contributed by atoms with E-state index in [4.69, 9.17) is 10.9 Å². The molecule has 0 aliphatic rings. The van der Waals surface area contributed by atoms with Gasteiger partial charge in [-0.05, 0) is 31.0 Å². The number of nitrogens with two attached hydrogens (primary N) is 1. The molecule has 0 radical (unpaired) electrons. The summed E-state index contributed by atoms with van der Waals surface area (Å²) in [6.07, 6.45) is 0. The predicted octanol–water partition coefficient (Wildman–Crippen LogP) is 3.25. The first-order valence-corrected chi connectivity index (χ1v) is 6.95. The quantitative estimate of drug-likeness (QED) is 0.341. The van der Waals surface area contributed by atoms with Crippen LogP contribution in [0.2, 0.25) is 0 Å². The Morgan fingerprint density at radius 1 is 1.19 bits per heavy atom. The number of hydrogen-bond donors (Lipinski definition) is 3. The SMILES string of the molecule is Cc1ccc(NCC(C(N)=NO)c2ccccc2)c(C)c1. The first-order valence-electron chi connectivity index (χ1n) is 6.95. The Kier molecular flexibility index (Phi) is 4.82. The van der Waals surface area contributed by atoms with Crippen LogP contribution in [0, 0.1) is 13.8 Å². The van der Waals surface area contributed by atoms with Gasteiger partial charge in [0.1, 0.15) is 5.84 Å². The molecule has 0 spiro atoms. The van der Waals surface area contributed by atoms with E-state index < -0.39 is 0 Å². The molecular formula is C17H21N3O. The van der Waals surface area contributed by atoms with Crippen LogP contribution < -0.4 is 11.1 Å². The zero-order chi connectivity index (χ0) is 15.2. The third kappa shape index (κ3) is 3.75. The normalized spacial score (nSPS) is 13.0. The van der Waals surface area contributed by atoms with Crippen LogP contribution in [0.1, 0.15) is 22.6 Å². The zero-order valence-corrected chi connectivity index (χ0v) is 12.4. The van der Waals surface area contributed by atoms with Crippen molar-refractivity contribution in [3.05, 3.63) is 65.2 Å². The fourth-order valence-electron chi connectivity index (χ4n) is 2.37. The van der Waals surface area contributed by atoms with Gasteiger partial charge in [0.25, 0.3) is 0 Å². The summed E-state index contributed by atoms with van der Waals surface area (Å²) in [5, 5.41) is 15.5. The van der Waals surface area contributed by atoms with Gasteiger partial charge in [0.2, 0.25) is 0 Å². The van der Waals surface area contributed by atoms with Crippen molar-refractivity contribution in [2.75, 3.05) is 11.9 Å². The Bertz CT molecular complexity index is 623. The lowest BCUT2D eigenvalue weighted by molar-refractivity contribution is 0.316. The highest BCUT2D eigenvalue weighted by molar-refractivity contribution is 5.87. The molecule has 0 fully saturated rings. The molecule has 0 bridgehead atoms. The number of nitrogens with zero attached hydrogens (tertiary/aromatic N) is 1. The third-order valence-electron chi connectivity index (χ3n) is 3.55. The minimum absolute atomic E-state index is 0.170. The molecular weight excluding hydrogens is 262 g/mol. The minimum Gasteiger partial charge on any atom is -0.409 e. The second-order valence-electron chi connectivity index (χ2n) is 5.19. The number of aryl methyl sites for hydroxylation is 2. The summed E-state index contributed by atoms with van der Waals surface area (Å²) in [6, 6.07) is 16.1. The number of oxime groups is 1. The smallest absolute Gasteiger partial charge is 0.148 e. The maximum atomic E-state index is 8.99. The summed E-state index contributed by atoms with van der Waals surface area (Å²) in [6.45, 7) is 4.71. The molecule has 0 saturated carbocycles. The molecule has 4 N–H and O–H groups in total. The van der Waals surface area contributed by atoms with Gasteiger partial charge in [0.05, 0.1) is 5.92 Å². The van der Waals surface area contributed by atoms with Gasteiger partial charge in [-0.2, -0.15) is 0 Å². The zero-order valence-electron chi connectivity index (χ0n) is 12.4. The molecule has 0 aromatic heterocycles. The maximum Gasteiger partial charge on any atom is 0.148 e. The highest BCUT2D eigenvalue weighted by atomic mass is 16.4. The van der Waals surface area contributed by atoms with Crippen LogP contribution >= 0.6 is 0 Å². The maximum absolute atomic E-state index is 8.99. The molecule has 4 heteroatoms. The molecule has 1 unspecified atom stereocenters. The Hall–Kier alpha value is -2.49. The Labute approximate surface area is 125 Å². The standard InChI is InChI=1S/C17H21N3O/c1-12-8-9-16(13(2)10-12)19-11-15(17(18)20-21)14-6-4-3-5-7-14/h3-10,15,19,21H,11H2,1-2H3,(H2,18,20). The molecule has 0 heterocycles. The van der Waals surface area contributed by atoms with E-state index in [-0.39, 0.29) is 11.8 Å². The van der Waals surface area contributed by atoms with E-state index in [1.165, 1.54) is 11.1 Å². The fourth-order valence-corrected chi connectivity index (χ4v) is 2.37. The Balaban J connectivity index is 2.17. The minimum atomic E-state index is -0.170. The number of nitrogens with one attached hydrogen (secondary N) is 1. The van der Waals surface area contributed by atoms with E-state index in [1.807, 2.05) is 30.3 Å². The van der Waals surface area contributed by atoms with Crippen LogP contribution in [0.4, 0.5) is 5.69 Å². The van der Waals surface area contributed by atoms with Crippen molar-refractivity contribution in [3.8, 4) is 0 Å². The second kappa shape index (κ2) is 6.79. The number of anilines is 1. The largest absolute Gasteiger partial charge is 0.409 e. The molecule has 21 heavy (non-hydrogen) atoms. The molecule has 2 aromatic rings. The summed E-state index contributed by atoms with van der Waals surface area (Å²) < 4.78 is 0. The number of hydrogen-bond acceptors (Lipinski definition) is 3. The molecule has 110 valence electrons. The van der Waals surface area contributed by atoms with Gasteiger partial charge in [0.15, 0.2) is 0 Å². The number of benzene rings is 2. The predicted molar refractivity (Wildman–Crippen MR) is 87.0 cm³/mol. The molecule has 0 aliphatic heterocycles. The second-order valence-corrected chi connectivity index (χ2v) is 5.19. The lowest BCUT2D eigenvalue weighted by Crippen LogP contribution is -2.28. The van der Waals surface area contributed by atoms with Crippen LogP contribution in [0.15, 0.2) is 53.7 Å². The van der Waals surface area contributed by atoms with Crippen molar-refractivity contribution in [1.29, 1.82) is 0 Å². The van der Waals surface area contributed by atoms with E-state index in [0.717, 1.165) is 11.3 Å². The van der Waals surface area contributed by atoms with Gasteiger partial charge in [-0.15, -0.1) is 0 Å². The van der Waals surface area contributed by atoms with Crippen LogP contribution in [0.5, 0.6) is 0 Å². The lowest BCUT2D eigenvalue weighted by atomic mass is 9.97. The molecule has 0 amide bonds. The number of rotatable bonds is 5. The topological polar surface area (TPSA) is 70.6 Å². The van der Waals surface area contributed by atoms with Crippen molar-refractivity contribution in [1.82, 2.24) is 0 Å². The fraction of sp³-hybridized carbons (Fsp3) is 0.235. The lowest BCUT2D eigenvalue weighted by Gasteiger charge is -2.18.